The van der Waals surface area contributed by atoms with Gasteiger partial charge in [0.2, 0.25) is 0 Å². The summed E-state index contributed by atoms with van der Waals surface area (Å²) in [6.07, 6.45) is 7.72. The number of aromatic nitrogens is 2. The second-order valence-corrected chi connectivity index (χ2v) is 5.62. The van der Waals surface area contributed by atoms with Crippen molar-refractivity contribution in [1.82, 2.24) is 15.5 Å². The van der Waals surface area contributed by atoms with E-state index in [1.807, 2.05) is 0 Å². The third-order valence-corrected chi connectivity index (χ3v) is 4.56. The van der Waals surface area contributed by atoms with E-state index in [-0.39, 0.29) is 11.4 Å². The van der Waals surface area contributed by atoms with Crippen molar-refractivity contribution in [3.8, 4) is 0 Å². The first-order valence-corrected chi connectivity index (χ1v) is 7.15. The summed E-state index contributed by atoms with van der Waals surface area (Å²) in [5.74, 6) is 0.637. The number of rotatable bonds is 3. The third kappa shape index (κ3) is 2.89. The molecule has 4 nitrogen and oxygen atoms in total. The molecule has 1 aliphatic rings. The van der Waals surface area contributed by atoms with Gasteiger partial charge in [-0.1, -0.05) is 35.7 Å². The van der Waals surface area contributed by atoms with E-state index >= 15 is 0 Å². The molecule has 2 N–H and O–H groups in total. The van der Waals surface area contributed by atoms with E-state index in [4.69, 9.17) is 0 Å². The predicted octanol–water partition coefficient (Wildman–Crippen LogP) is 2.48. The standard InChI is InChI=1S/C12H18BrN3O/c1-9-3-2-4-12(5-9,8-13)16-11(17)10-6-14-15-7-10/h6-7,9H,2-5,8H2,1H3,(H,14,15)(H,16,17). The first-order valence-electron chi connectivity index (χ1n) is 6.02. The number of carbonyl (C=O) groups is 1. The highest BCUT2D eigenvalue weighted by Gasteiger charge is 2.35. The van der Waals surface area contributed by atoms with Crippen molar-refractivity contribution in [3.05, 3.63) is 18.0 Å². The van der Waals surface area contributed by atoms with Gasteiger partial charge in [-0.2, -0.15) is 5.10 Å². The monoisotopic (exact) mass is 299 g/mol. The highest BCUT2D eigenvalue weighted by atomic mass is 79.9. The second-order valence-electron chi connectivity index (χ2n) is 5.06. The first kappa shape index (κ1) is 12.6. The summed E-state index contributed by atoms with van der Waals surface area (Å²) in [5.41, 5.74) is 0.509. The Labute approximate surface area is 110 Å². The lowest BCUT2D eigenvalue weighted by Crippen LogP contribution is -2.52. The van der Waals surface area contributed by atoms with Gasteiger partial charge in [0.1, 0.15) is 0 Å². The molecule has 0 aromatic carbocycles. The number of nitrogens with one attached hydrogen (secondary N) is 2. The fraction of sp³-hybridized carbons (Fsp3) is 0.667. The highest BCUT2D eigenvalue weighted by Crippen LogP contribution is 2.33. The van der Waals surface area contributed by atoms with Crippen molar-refractivity contribution in [2.75, 3.05) is 5.33 Å². The van der Waals surface area contributed by atoms with Gasteiger partial charge >= 0.3 is 0 Å². The highest BCUT2D eigenvalue weighted by molar-refractivity contribution is 9.09. The van der Waals surface area contributed by atoms with Crippen LogP contribution in [0.25, 0.3) is 0 Å². The summed E-state index contributed by atoms with van der Waals surface area (Å²) < 4.78 is 0. The number of nitrogens with zero attached hydrogens (tertiary/aromatic N) is 1. The maximum Gasteiger partial charge on any atom is 0.254 e. The van der Waals surface area contributed by atoms with Crippen LogP contribution in [-0.4, -0.2) is 27.0 Å². The van der Waals surface area contributed by atoms with E-state index in [1.165, 1.54) is 12.8 Å². The van der Waals surface area contributed by atoms with Crippen LogP contribution in [0.3, 0.4) is 0 Å². The van der Waals surface area contributed by atoms with Gasteiger partial charge in [0.05, 0.1) is 17.3 Å². The van der Waals surface area contributed by atoms with Gasteiger partial charge in [0.25, 0.3) is 5.91 Å². The molecule has 1 saturated carbocycles. The van der Waals surface area contributed by atoms with Crippen LogP contribution < -0.4 is 5.32 Å². The number of halogens is 1. The quantitative estimate of drug-likeness (QED) is 0.843. The molecule has 2 unspecified atom stereocenters. The van der Waals surface area contributed by atoms with E-state index < -0.39 is 0 Å². The SMILES string of the molecule is CC1CCCC(CBr)(NC(=O)c2cn[nH]c2)C1. The van der Waals surface area contributed by atoms with E-state index in [0.29, 0.717) is 11.5 Å². The van der Waals surface area contributed by atoms with Crippen molar-refractivity contribution in [1.29, 1.82) is 0 Å². The molecule has 5 heteroatoms. The minimum Gasteiger partial charge on any atom is -0.346 e. The number of hydrogen-bond donors (Lipinski definition) is 2. The maximum absolute atomic E-state index is 12.1. The van der Waals surface area contributed by atoms with Gasteiger partial charge in [-0.05, 0) is 18.8 Å². The molecule has 0 bridgehead atoms. The van der Waals surface area contributed by atoms with E-state index in [0.717, 1.165) is 18.2 Å². The molecule has 94 valence electrons. The average Bonchev–Trinajstić information content (AvgIpc) is 2.82. The average molecular weight is 300 g/mol. The zero-order valence-electron chi connectivity index (χ0n) is 10.0. The van der Waals surface area contributed by atoms with Crippen LogP contribution >= 0.6 is 15.9 Å². The Balaban J connectivity index is 2.06. The van der Waals surface area contributed by atoms with Gasteiger partial charge in [-0.15, -0.1) is 0 Å². The van der Waals surface area contributed by atoms with Crippen LogP contribution in [0.1, 0.15) is 43.0 Å². The van der Waals surface area contributed by atoms with Gasteiger partial charge in [0.15, 0.2) is 0 Å². The Morgan fingerprint density at radius 3 is 3.18 bits per heavy atom. The molecule has 1 aromatic rings. The van der Waals surface area contributed by atoms with Crippen LogP contribution in [0.2, 0.25) is 0 Å². The normalized spacial score (nSPS) is 28.9. The largest absolute Gasteiger partial charge is 0.346 e. The zero-order chi connectivity index (χ0) is 12.3. The Hall–Kier alpha value is -0.840. The van der Waals surface area contributed by atoms with Crippen molar-refractivity contribution in [2.45, 2.75) is 38.1 Å². The predicted molar refractivity (Wildman–Crippen MR) is 70.2 cm³/mol. The molecule has 0 saturated heterocycles. The molecule has 0 aliphatic heterocycles. The first-order chi connectivity index (χ1) is 8.15. The Bertz CT molecular complexity index is 379. The summed E-state index contributed by atoms with van der Waals surface area (Å²) in [6, 6.07) is 0. The van der Waals surface area contributed by atoms with E-state index in [1.54, 1.807) is 12.4 Å². The second kappa shape index (κ2) is 5.21. The van der Waals surface area contributed by atoms with Crippen molar-refractivity contribution >= 4 is 21.8 Å². The molecule has 0 spiro atoms. The summed E-state index contributed by atoms with van der Waals surface area (Å²) in [6.45, 7) is 2.25. The van der Waals surface area contributed by atoms with Gasteiger partial charge in [-0.3, -0.25) is 9.89 Å². The number of hydrogen-bond acceptors (Lipinski definition) is 2. The minimum atomic E-state index is -0.0913. The summed E-state index contributed by atoms with van der Waals surface area (Å²) in [4.78, 5) is 12.1. The molecule has 2 atom stereocenters. The van der Waals surface area contributed by atoms with Crippen molar-refractivity contribution in [3.63, 3.8) is 0 Å². The number of aromatic amines is 1. The number of H-pyrrole nitrogens is 1. The van der Waals surface area contributed by atoms with Gasteiger partial charge in [-0.25, -0.2) is 0 Å². The third-order valence-electron chi connectivity index (χ3n) is 3.49. The Morgan fingerprint density at radius 2 is 2.59 bits per heavy atom. The van der Waals surface area contributed by atoms with Crippen LogP contribution in [-0.2, 0) is 0 Å². The molecular formula is C12H18BrN3O. The number of alkyl halides is 1. The van der Waals surface area contributed by atoms with Crippen molar-refractivity contribution < 1.29 is 4.79 Å². The lowest BCUT2D eigenvalue weighted by Gasteiger charge is -2.39. The van der Waals surface area contributed by atoms with Crippen LogP contribution in [0.15, 0.2) is 12.4 Å². The fourth-order valence-electron chi connectivity index (χ4n) is 2.62. The maximum atomic E-state index is 12.1. The molecule has 1 aromatic heterocycles. The topological polar surface area (TPSA) is 57.8 Å². The summed E-state index contributed by atoms with van der Waals surface area (Å²) in [7, 11) is 0. The van der Waals surface area contributed by atoms with Gasteiger partial charge in [0, 0.05) is 11.5 Å². The lowest BCUT2D eigenvalue weighted by molar-refractivity contribution is 0.0869. The molecule has 1 aliphatic carbocycles. The smallest absolute Gasteiger partial charge is 0.254 e. The number of amides is 1. The molecule has 1 amide bonds. The van der Waals surface area contributed by atoms with Crippen LogP contribution in [0.5, 0.6) is 0 Å². The van der Waals surface area contributed by atoms with Crippen molar-refractivity contribution in [2.24, 2.45) is 5.92 Å². The molecule has 1 heterocycles. The Morgan fingerprint density at radius 1 is 1.76 bits per heavy atom. The number of carbonyl (C=O) groups excluding carboxylic acids is 1. The fourth-order valence-corrected chi connectivity index (χ4v) is 3.27. The molecular weight excluding hydrogens is 282 g/mol. The molecule has 17 heavy (non-hydrogen) atoms. The Kier molecular flexibility index (Phi) is 3.86. The summed E-state index contributed by atoms with van der Waals surface area (Å²) >= 11 is 3.55. The summed E-state index contributed by atoms with van der Waals surface area (Å²) in [5, 5.41) is 10.4. The lowest BCUT2D eigenvalue weighted by atomic mass is 9.77. The molecule has 1 fully saturated rings. The molecule has 0 radical (unpaired) electrons. The van der Waals surface area contributed by atoms with Gasteiger partial charge < -0.3 is 5.32 Å². The zero-order valence-corrected chi connectivity index (χ0v) is 11.6. The van der Waals surface area contributed by atoms with Crippen LogP contribution in [0, 0.1) is 5.92 Å². The van der Waals surface area contributed by atoms with E-state index in [9.17, 15) is 4.79 Å². The minimum absolute atomic E-state index is 0.0349. The molecule has 2 rings (SSSR count). The van der Waals surface area contributed by atoms with E-state index in [2.05, 4.69) is 38.4 Å². The van der Waals surface area contributed by atoms with Crippen LogP contribution in [0.4, 0.5) is 0 Å².